The van der Waals surface area contributed by atoms with Crippen LogP contribution in [0.2, 0.25) is 0 Å². The molecule has 0 bridgehead atoms. The molecule has 0 saturated heterocycles. The van der Waals surface area contributed by atoms with Crippen LogP contribution in [0.15, 0.2) is 34.9 Å². The number of aromatic nitrogens is 2. The Balaban J connectivity index is 1.98. The summed E-state index contributed by atoms with van der Waals surface area (Å²) in [4.78, 5) is 12.5. The number of carbonyl (C=O) groups excluding carboxylic acids is 1. The monoisotopic (exact) mass is 444 g/mol. The van der Waals surface area contributed by atoms with Crippen molar-refractivity contribution in [3.63, 3.8) is 0 Å². The number of carbonyl (C=O) groups is 1. The number of alkyl halides is 3. The van der Waals surface area contributed by atoms with Crippen LogP contribution in [-0.2, 0) is 0 Å². The number of halogens is 4. The van der Waals surface area contributed by atoms with Gasteiger partial charge < -0.3 is 10.6 Å². The average Bonchev–Trinajstić information content (AvgIpc) is 3.04. The van der Waals surface area contributed by atoms with Crippen LogP contribution in [0, 0.1) is 0 Å². The first-order chi connectivity index (χ1) is 12.7. The van der Waals surface area contributed by atoms with Crippen molar-refractivity contribution in [3.8, 4) is 0 Å². The highest BCUT2D eigenvalue weighted by atomic mass is 79.9. The lowest BCUT2D eigenvalue weighted by Gasteiger charge is -2.34. The Morgan fingerprint density at radius 2 is 2.07 bits per heavy atom. The molecule has 0 spiro atoms. The van der Waals surface area contributed by atoms with Crippen LogP contribution < -0.4 is 10.6 Å². The van der Waals surface area contributed by atoms with E-state index in [1.807, 2.05) is 13.8 Å². The highest BCUT2D eigenvalue weighted by Crippen LogP contribution is 2.44. The maximum Gasteiger partial charge on any atom is 0.410 e. The molecule has 5 nitrogen and oxygen atoms in total. The lowest BCUT2D eigenvalue weighted by atomic mass is 9.96. The number of hydrogen-bond donors (Lipinski definition) is 2. The number of nitrogens with zero attached hydrogens (tertiary/aromatic N) is 2. The minimum absolute atomic E-state index is 0.0858. The molecule has 0 unspecified atom stereocenters. The summed E-state index contributed by atoms with van der Waals surface area (Å²) in [5, 5.41) is 9.72. The van der Waals surface area contributed by atoms with Gasteiger partial charge in [0.1, 0.15) is 11.4 Å². The number of nitrogens with one attached hydrogen (secondary N) is 2. The van der Waals surface area contributed by atoms with Gasteiger partial charge in [-0.25, -0.2) is 4.68 Å². The van der Waals surface area contributed by atoms with Gasteiger partial charge in [-0.05, 0) is 31.0 Å². The summed E-state index contributed by atoms with van der Waals surface area (Å²) in [5.41, 5.74) is 0.833. The van der Waals surface area contributed by atoms with Crippen molar-refractivity contribution in [3.05, 3.63) is 46.1 Å². The molecular weight excluding hydrogens is 425 g/mol. The van der Waals surface area contributed by atoms with Gasteiger partial charge in [-0.3, -0.25) is 4.79 Å². The zero-order valence-corrected chi connectivity index (χ0v) is 16.4. The van der Waals surface area contributed by atoms with E-state index in [4.69, 9.17) is 0 Å². The molecule has 1 aromatic carbocycles. The number of amides is 1. The van der Waals surface area contributed by atoms with Gasteiger partial charge in [0.2, 0.25) is 0 Å². The second kappa shape index (κ2) is 7.53. The second-order valence-electron chi connectivity index (χ2n) is 6.68. The van der Waals surface area contributed by atoms with Crippen LogP contribution in [0.1, 0.15) is 54.7 Å². The Hall–Kier alpha value is -2.03. The molecule has 0 saturated carbocycles. The van der Waals surface area contributed by atoms with E-state index in [0.717, 1.165) is 15.6 Å². The second-order valence-corrected chi connectivity index (χ2v) is 7.59. The van der Waals surface area contributed by atoms with Crippen molar-refractivity contribution in [1.82, 2.24) is 15.1 Å². The molecular formula is C18H20BrF3N4O. The molecule has 2 N–H and O–H groups in total. The van der Waals surface area contributed by atoms with Crippen molar-refractivity contribution >= 4 is 27.7 Å². The minimum Gasteiger partial charge on any atom is -0.363 e. The average molecular weight is 445 g/mol. The number of hydrogen-bond acceptors (Lipinski definition) is 3. The molecule has 2 heterocycles. The topological polar surface area (TPSA) is 59.0 Å². The Labute approximate surface area is 163 Å². The van der Waals surface area contributed by atoms with E-state index in [-0.39, 0.29) is 23.8 Å². The van der Waals surface area contributed by atoms with Gasteiger partial charge in [0.15, 0.2) is 6.04 Å². The zero-order chi connectivity index (χ0) is 19.8. The third kappa shape index (κ3) is 4.12. The van der Waals surface area contributed by atoms with E-state index in [2.05, 4.69) is 31.7 Å². The smallest absolute Gasteiger partial charge is 0.363 e. The molecule has 0 radical (unpaired) electrons. The molecule has 1 aliphatic heterocycles. The van der Waals surface area contributed by atoms with Crippen LogP contribution in [-0.4, -0.2) is 27.9 Å². The van der Waals surface area contributed by atoms with Crippen molar-refractivity contribution in [2.75, 3.05) is 5.32 Å². The molecule has 3 atom stereocenters. The largest absolute Gasteiger partial charge is 0.410 e. The SMILES string of the molecule is CC[C@@H](C)NC(=O)c1cnn2c1N[C@@H](c1ccc(Br)cc1)C[C@@H]2C(F)(F)F. The fourth-order valence-corrected chi connectivity index (χ4v) is 3.31. The maximum absolute atomic E-state index is 13.7. The molecule has 2 aromatic rings. The summed E-state index contributed by atoms with van der Waals surface area (Å²) in [6, 6.07) is 4.62. The first-order valence-electron chi connectivity index (χ1n) is 8.67. The summed E-state index contributed by atoms with van der Waals surface area (Å²) in [6.45, 7) is 3.75. The molecule has 9 heteroatoms. The number of benzene rings is 1. The van der Waals surface area contributed by atoms with Gasteiger partial charge in [-0.2, -0.15) is 18.3 Å². The van der Waals surface area contributed by atoms with Crippen molar-refractivity contribution in [2.45, 2.75) is 51.0 Å². The molecule has 1 amide bonds. The van der Waals surface area contributed by atoms with Gasteiger partial charge >= 0.3 is 6.18 Å². The fraction of sp³-hybridized carbons (Fsp3) is 0.444. The molecule has 1 aliphatic rings. The third-order valence-corrected chi connectivity index (χ3v) is 5.27. The van der Waals surface area contributed by atoms with Crippen molar-refractivity contribution in [1.29, 1.82) is 0 Å². The van der Waals surface area contributed by atoms with Crippen LogP contribution in [0.5, 0.6) is 0 Å². The van der Waals surface area contributed by atoms with Crippen molar-refractivity contribution < 1.29 is 18.0 Å². The Morgan fingerprint density at radius 1 is 1.41 bits per heavy atom. The molecule has 3 rings (SSSR count). The van der Waals surface area contributed by atoms with E-state index < -0.39 is 24.2 Å². The quantitative estimate of drug-likeness (QED) is 0.709. The number of fused-ring (bicyclic) bond motifs is 1. The van der Waals surface area contributed by atoms with Crippen LogP contribution in [0.4, 0.5) is 19.0 Å². The standard InChI is InChI=1S/C18H20BrF3N4O/c1-3-10(2)24-17(27)13-9-23-26-15(18(20,21)22)8-14(25-16(13)26)11-4-6-12(19)7-5-11/h4-7,9-10,14-15,25H,3,8H2,1-2H3,(H,24,27)/t10-,14-,15-/m1/s1. The maximum atomic E-state index is 13.7. The fourth-order valence-electron chi connectivity index (χ4n) is 3.05. The zero-order valence-electron chi connectivity index (χ0n) is 14.8. The van der Waals surface area contributed by atoms with Gasteiger partial charge in [0, 0.05) is 16.9 Å². The van der Waals surface area contributed by atoms with Gasteiger partial charge in [0.25, 0.3) is 5.91 Å². The lowest BCUT2D eigenvalue weighted by molar-refractivity contribution is -0.173. The first kappa shape index (κ1) is 19.7. The van der Waals surface area contributed by atoms with Crippen LogP contribution >= 0.6 is 15.9 Å². The third-order valence-electron chi connectivity index (χ3n) is 4.75. The molecule has 146 valence electrons. The van der Waals surface area contributed by atoms with E-state index in [0.29, 0.717) is 5.56 Å². The first-order valence-corrected chi connectivity index (χ1v) is 9.47. The minimum atomic E-state index is -4.47. The van der Waals surface area contributed by atoms with Gasteiger partial charge in [-0.1, -0.05) is 35.0 Å². The Bertz CT molecular complexity index is 819. The highest BCUT2D eigenvalue weighted by Gasteiger charge is 2.47. The summed E-state index contributed by atoms with van der Waals surface area (Å²) < 4.78 is 42.7. The molecule has 1 aromatic heterocycles. The molecule has 0 aliphatic carbocycles. The summed E-state index contributed by atoms with van der Waals surface area (Å²) in [7, 11) is 0. The van der Waals surface area contributed by atoms with Gasteiger partial charge in [-0.15, -0.1) is 0 Å². The number of anilines is 1. The normalized spacial score (nSPS) is 20.5. The van der Waals surface area contributed by atoms with E-state index >= 15 is 0 Å². The summed E-state index contributed by atoms with van der Waals surface area (Å²) >= 11 is 3.33. The lowest BCUT2D eigenvalue weighted by Crippen LogP contribution is -2.37. The van der Waals surface area contributed by atoms with E-state index in [1.54, 1.807) is 24.3 Å². The number of rotatable bonds is 4. The predicted molar refractivity (Wildman–Crippen MR) is 99.7 cm³/mol. The Kier molecular flexibility index (Phi) is 5.50. The van der Waals surface area contributed by atoms with Crippen molar-refractivity contribution in [2.24, 2.45) is 0 Å². The Morgan fingerprint density at radius 3 is 2.67 bits per heavy atom. The molecule has 0 fully saturated rings. The molecule has 27 heavy (non-hydrogen) atoms. The summed E-state index contributed by atoms with van der Waals surface area (Å²) in [5.74, 6) is -0.340. The van der Waals surface area contributed by atoms with Crippen LogP contribution in [0.3, 0.4) is 0 Å². The van der Waals surface area contributed by atoms with E-state index in [1.165, 1.54) is 6.20 Å². The van der Waals surface area contributed by atoms with Gasteiger partial charge in [0.05, 0.1) is 12.2 Å². The predicted octanol–water partition coefficient (Wildman–Crippen LogP) is 4.83. The summed E-state index contributed by atoms with van der Waals surface area (Å²) in [6.07, 6.45) is -2.76. The highest BCUT2D eigenvalue weighted by molar-refractivity contribution is 9.10. The van der Waals surface area contributed by atoms with Crippen LogP contribution in [0.25, 0.3) is 0 Å². The van der Waals surface area contributed by atoms with E-state index in [9.17, 15) is 18.0 Å².